The monoisotopic (exact) mass is 696 g/mol. The number of benzene rings is 4. The molecule has 0 spiro atoms. The summed E-state index contributed by atoms with van der Waals surface area (Å²) in [4.78, 5) is 35.6. The fraction of sp³-hybridized carbons (Fsp3) is 0.325. The summed E-state index contributed by atoms with van der Waals surface area (Å²) in [6.45, 7) is 2.57. The first-order valence-electron chi connectivity index (χ1n) is 16.9. The number of thioether (sulfide) groups is 1. The molecule has 9 nitrogen and oxygen atoms in total. The molecular weight excluding hydrogens is 653 g/mol. The Morgan fingerprint density at radius 1 is 0.800 bits per heavy atom. The van der Waals surface area contributed by atoms with Crippen LogP contribution in [0.2, 0.25) is 0 Å². The Hall–Kier alpha value is -4.48. The molecule has 2 amide bonds. The summed E-state index contributed by atoms with van der Waals surface area (Å²) in [6.07, 6.45) is 2.71. The van der Waals surface area contributed by atoms with E-state index < -0.39 is 12.3 Å². The summed E-state index contributed by atoms with van der Waals surface area (Å²) in [6, 6.07) is 30.9. The predicted molar refractivity (Wildman–Crippen MR) is 193 cm³/mol. The maximum atomic E-state index is 12.4. The second-order valence-electron chi connectivity index (χ2n) is 12.4. The molecule has 262 valence electrons. The standard InChI is InChI=1S/C40H44N2O7S/c1-27(44)41-21-4-2-3-8-38(45)42-24-29-6-5-7-34(22-29)30-13-15-33(16-14-30)40-48-35(26-50-36-19-17-32(18-20-36)39(46)47)23-37(49-40)31-11-9-28(25-43)10-12-31/h5-7,9-20,22,35,37,40,43H,2-4,8,21,23-26H2,1H3,(H,41,44)(H,42,45)(H,46,47). The van der Waals surface area contributed by atoms with Crippen molar-refractivity contribution in [2.45, 2.75) is 75.6 Å². The van der Waals surface area contributed by atoms with E-state index in [9.17, 15) is 24.6 Å². The van der Waals surface area contributed by atoms with Crippen LogP contribution in [0.1, 0.15) is 84.0 Å². The predicted octanol–water partition coefficient (Wildman–Crippen LogP) is 7.19. The minimum atomic E-state index is -0.950. The zero-order valence-electron chi connectivity index (χ0n) is 28.2. The van der Waals surface area contributed by atoms with Crippen molar-refractivity contribution in [1.29, 1.82) is 0 Å². The zero-order valence-corrected chi connectivity index (χ0v) is 29.0. The Labute approximate surface area is 297 Å². The van der Waals surface area contributed by atoms with E-state index in [4.69, 9.17) is 9.47 Å². The number of carboxylic acids is 1. The van der Waals surface area contributed by atoms with Crippen molar-refractivity contribution in [2.75, 3.05) is 12.3 Å². The van der Waals surface area contributed by atoms with Crippen LogP contribution in [0, 0.1) is 0 Å². The van der Waals surface area contributed by atoms with Crippen molar-refractivity contribution in [1.82, 2.24) is 10.6 Å². The van der Waals surface area contributed by atoms with E-state index in [-0.39, 0.29) is 36.2 Å². The number of carbonyl (C=O) groups is 3. The quantitative estimate of drug-likeness (QED) is 0.0715. The van der Waals surface area contributed by atoms with Gasteiger partial charge in [-0.05, 0) is 71.0 Å². The molecular formula is C40H44N2O7S. The number of hydrogen-bond acceptors (Lipinski definition) is 7. The molecule has 3 atom stereocenters. The Kier molecular flexibility index (Phi) is 13.6. The summed E-state index contributed by atoms with van der Waals surface area (Å²) >= 11 is 1.62. The highest BCUT2D eigenvalue weighted by molar-refractivity contribution is 7.99. The van der Waals surface area contributed by atoms with Crippen molar-refractivity contribution >= 4 is 29.5 Å². The fourth-order valence-corrected chi connectivity index (χ4v) is 6.66. The van der Waals surface area contributed by atoms with E-state index in [1.165, 1.54) is 6.92 Å². The van der Waals surface area contributed by atoms with Crippen molar-refractivity contribution in [2.24, 2.45) is 0 Å². The fourth-order valence-electron chi connectivity index (χ4n) is 5.74. The Morgan fingerprint density at radius 2 is 1.54 bits per heavy atom. The van der Waals surface area contributed by atoms with Crippen LogP contribution in [-0.4, -0.2) is 46.4 Å². The molecule has 1 saturated heterocycles. The van der Waals surface area contributed by atoms with E-state index >= 15 is 0 Å². The number of carboxylic acid groups (broad SMARTS) is 1. The Bertz CT molecular complexity index is 1710. The molecule has 1 aliphatic rings. The van der Waals surface area contributed by atoms with Gasteiger partial charge in [0.1, 0.15) is 0 Å². The maximum Gasteiger partial charge on any atom is 0.335 e. The molecule has 1 aliphatic heterocycles. The molecule has 4 aromatic rings. The molecule has 0 bridgehead atoms. The van der Waals surface area contributed by atoms with Crippen LogP contribution in [0.5, 0.6) is 0 Å². The first-order chi connectivity index (χ1) is 24.3. The lowest BCUT2D eigenvalue weighted by Crippen LogP contribution is -2.31. The number of hydrogen-bond donors (Lipinski definition) is 4. The summed E-state index contributed by atoms with van der Waals surface area (Å²) in [5.41, 5.74) is 6.08. The number of nitrogens with one attached hydrogen (secondary N) is 2. The van der Waals surface area contributed by atoms with Crippen LogP contribution in [0.25, 0.3) is 11.1 Å². The number of aromatic carboxylic acids is 1. The normalized spacial score (nSPS) is 17.2. The number of aliphatic hydroxyl groups excluding tert-OH is 1. The second kappa shape index (κ2) is 18.5. The average molecular weight is 697 g/mol. The van der Waals surface area contributed by atoms with Crippen LogP contribution in [0.3, 0.4) is 0 Å². The van der Waals surface area contributed by atoms with Gasteiger partial charge in [0.15, 0.2) is 6.29 Å². The van der Waals surface area contributed by atoms with E-state index in [1.54, 1.807) is 23.9 Å². The molecule has 5 rings (SSSR count). The van der Waals surface area contributed by atoms with Gasteiger partial charge in [-0.1, -0.05) is 73.2 Å². The molecule has 50 heavy (non-hydrogen) atoms. The van der Waals surface area contributed by atoms with Gasteiger partial charge in [-0.15, -0.1) is 11.8 Å². The van der Waals surface area contributed by atoms with Gasteiger partial charge in [-0.3, -0.25) is 9.59 Å². The van der Waals surface area contributed by atoms with Crippen LogP contribution in [0.15, 0.2) is 102 Å². The lowest BCUT2D eigenvalue weighted by Gasteiger charge is -2.36. The van der Waals surface area contributed by atoms with Crippen LogP contribution in [-0.2, 0) is 32.2 Å². The SMILES string of the molecule is CC(=O)NCCCCCC(=O)NCc1cccc(-c2ccc(C3OC(CSc4ccc(C(=O)O)cc4)CC(c4ccc(CO)cc4)O3)cc2)c1. The highest BCUT2D eigenvalue weighted by Gasteiger charge is 2.32. The van der Waals surface area contributed by atoms with Gasteiger partial charge >= 0.3 is 5.97 Å². The van der Waals surface area contributed by atoms with Gasteiger partial charge in [0.2, 0.25) is 11.8 Å². The largest absolute Gasteiger partial charge is 0.478 e. The van der Waals surface area contributed by atoms with Crippen molar-refractivity contribution in [3.63, 3.8) is 0 Å². The Balaban J connectivity index is 1.20. The molecule has 3 unspecified atom stereocenters. The van der Waals surface area contributed by atoms with Crippen molar-refractivity contribution < 1.29 is 34.1 Å². The first kappa shape index (κ1) is 36.8. The summed E-state index contributed by atoms with van der Waals surface area (Å²) in [7, 11) is 0. The van der Waals surface area contributed by atoms with Crippen molar-refractivity contribution in [3.8, 4) is 11.1 Å². The molecule has 0 aromatic heterocycles. The molecule has 0 radical (unpaired) electrons. The molecule has 0 saturated carbocycles. The third-order valence-corrected chi connectivity index (χ3v) is 9.68. The number of unbranched alkanes of at least 4 members (excludes halogenated alkanes) is 2. The zero-order chi connectivity index (χ0) is 35.3. The van der Waals surface area contributed by atoms with Crippen LogP contribution < -0.4 is 10.6 Å². The van der Waals surface area contributed by atoms with Crippen LogP contribution >= 0.6 is 11.8 Å². The molecule has 10 heteroatoms. The third kappa shape index (κ3) is 11.0. The maximum absolute atomic E-state index is 12.4. The van der Waals surface area contributed by atoms with Gasteiger partial charge in [0.05, 0.1) is 24.4 Å². The smallest absolute Gasteiger partial charge is 0.335 e. The van der Waals surface area contributed by atoms with Gasteiger partial charge in [0.25, 0.3) is 0 Å². The molecule has 1 heterocycles. The molecule has 4 N–H and O–H groups in total. The van der Waals surface area contributed by atoms with Crippen molar-refractivity contribution in [3.05, 3.63) is 125 Å². The number of rotatable bonds is 16. The lowest BCUT2D eigenvalue weighted by atomic mass is 9.99. The Morgan fingerprint density at radius 3 is 2.24 bits per heavy atom. The summed E-state index contributed by atoms with van der Waals surface area (Å²) in [5.74, 6) is -0.303. The number of carbonyl (C=O) groups excluding carboxylic acids is 2. The van der Waals surface area contributed by atoms with E-state index in [1.807, 2.05) is 78.9 Å². The molecule has 0 aliphatic carbocycles. The van der Waals surface area contributed by atoms with Crippen LogP contribution in [0.4, 0.5) is 0 Å². The van der Waals surface area contributed by atoms with E-state index in [0.29, 0.717) is 31.7 Å². The first-order valence-corrected chi connectivity index (χ1v) is 17.9. The molecule has 1 fully saturated rings. The third-order valence-electron chi connectivity index (χ3n) is 8.54. The number of aliphatic hydroxyl groups is 1. The molecule has 4 aromatic carbocycles. The van der Waals surface area contributed by atoms with E-state index in [0.717, 1.165) is 57.5 Å². The highest BCUT2D eigenvalue weighted by atomic mass is 32.2. The summed E-state index contributed by atoms with van der Waals surface area (Å²) in [5, 5.41) is 24.5. The van der Waals surface area contributed by atoms with Gasteiger partial charge < -0.3 is 30.3 Å². The van der Waals surface area contributed by atoms with Gasteiger partial charge in [-0.2, -0.15) is 0 Å². The lowest BCUT2D eigenvalue weighted by molar-refractivity contribution is -0.245. The summed E-state index contributed by atoms with van der Waals surface area (Å²) < 4.78 is 13.0. The minimum Gasteiger partial charge on any atom is -0.478 e. The van der Waals surface area contributed by atoms with E-state index in [2.05, 4.69) is 16.7 Å². The average Bonchev–Trinajstić information content (AvgIpc) is 3.14. The van der Waals surface area contributed by atoms with Gasteiger partial charge in [-0.25, -0.2) is 4.79 Å². The topological polar surface area (TPSA) is 134 Å². The number of amides is 2. The minimum absolute atomic E-state index is 0.0159. The van der Waals surface area contributed by atoms with Gasteiger partial charge in [0, 0.05) is 49.1 Å². The number of ether oxygens (including phenoxy) is 2. The highest BCUT2D eigenvalue weighted by Crippen LogP contribution is 2.40. The second-order valence-corrected chi connectivity index (χ2v) is 13.5.